The maximum Gasteiger partial charge on any atom is 0.234 e. The molecule has 0 radical (unpaired) electrons. The second kappa shape index (κ2) is 6.97. The molecule has 0 aromatic carbocycles. The van der Waals surface area contributed by atoms with Gasteiger partial charge in [0, 0.05) is 24.1 Å². The number of nitrogens with one attached hydrogen (secondary N) is 2. The molecular formula is C13H28N2O2. The molecule has 0 atom stereocenters. The lowest BCUT2D eigenvalue weighted by Crippen LogP contribution is -2.47. The molecule has 0 aliphatic rings. The highest BCUT2D eigenvalue weighted by Crippen LogP contribution is 2.24. The Bertz CT molecular complexity index is 222. The van der Waals surface area contributed by atoms with Crippen LogP contribution in [0.25, 0.3) is 0 Å². The minimum Gasteiger partial charge on any atom is -0.396 e. The molecule has 0 aromatic rings. The monoisotopic (exact) mass is 244 g/mol. The van der Waals surface area contributed by atoms with Crippen LogP contribution in [-0.2, 0) is 4.79 Å². The molecule has 0 bridgehead atoms. The van der Waals surface area contributed by atoms with Gasteiger partial charge in [0.15, 0.2) is 0 Å². The van der Waals surface area contributed by atoms with Crippen molar-refractivity contribution in [1.82, 2.24) is 10.6 Å². The Balaban J connectivity index is 4.01. The normalized spacial score (nSPS) is 12.6. The highest BCUT2D eigenvalue weighted by Gasteiger charge is 2.25. The SMILES string of the molecule is CCC(CC)(CO)CNCC(=O)NC(C)(C)C. The lowest BCUT2D eigenvalue weighted by molar-refractivity contribution is -0.121. The zero-order valence-corrected chi connectivity index (χ0v) is 11.9. The highest BCUT2D eigenvalue weighted by molar-refractivity contribution is 5.78. The van der Waals surface area contributed by atoms with Crippen molar-refractivity contribution >= 4 is 5.91 Å². The van der Waals surface area contributed by atoms with E-state index in [1.807, 2.05) is 20.8 Å². The van der Waals surface area contributed by atoms with Crippen LogP contribution in [0.5, 0.6) is 0 Å². The van der Waals surface area contributed by atoms with E-state index in [1.54, 1.807) is 0 Å². The predicted molar refractivity (Wildman–Crippen MR) is 70.9 cm³/mol. The summed E-state index contributed by atoms with van der Waals surface area (Å²) in [7, 11) is 0. The van der Waals surface area contributed by atoms with E-state index in [-0.39, 0.29) is 23.5 Å². The molecule has 0 spiro atoms. The summed E-state index contributed by atoms with van der Waals surface area (Å²) in [5, 5.41) is 15.4. The van der Waals surface area contributed by atoms with Crippen LogP contribution in [0, 0.1) is 5.41 Å². The Kier molecular flexibility index (Phi) is 6.72. The van der Waals surface area contributed by atoms with E-state index in [4.69, 9.17) is 0 Å². The smallest absolute Gasteiger partial charge is 0.234 e. The average molecular weight is 244 g/mol. The van der Waals surface area contributed by atoms with Gasteiger partial charge in [0.25, 0.3) is 0 Å². The Morgan fingerprint density at radius 2 is 1.71 bits per heavy atom. The van der Waals surface area contributed by atoms with Gasteiger partial charge in [-0.25, -0.2) is 0 Å². The zero-order valence-electron chi connectivity index (χ0n) is 11.9. The summed E-state index contributed by atoms with van der Waals surface area (Å²) in [5.74, 6) is -0.00320. The minimum atomic E-state index is -0.192. The largest absolute Gasteiger partial charge is 0.396 e. The molecule has 0 rings (SSSR count). The lowest BCUT2D eigenvalue weighted by atomic mass is 9.83. The fourth-order valence-electron chi connectivity index (χ4n) is 1.68. The zero-order chi connectivity index (χ0) is 13.5. The number of hydrogen-bond donors (Lipinski definition) is 3. The number of amides is 1. The molecule has 0 fully saturated rings. The molecule has 3 N–H and O–H groups in total. The van der Waals surface area contributed by atoms with Crippen LogP contribution < -0.4 is 10.6 Å². The van der Waals surface area contributed by atoms with Gasteiger partial charge in [-0.05, 0) is 33.6 Å². The van der Waals surface area contributed by atoms with Gasteiger partial charge in [-0.2, -0.15) is 0 Å². The molecule has 102 valence electrons. The van der Waals surface area contributed by atoms with Crippen molar-refractivity contribution in [2.75, 3.05) is 19.7 Å². The van der Waals surface area contributed by atoms with Crippen molar-refractivity contribution in [3.05, 3.63) is 0 Å². The molecule has 0 aliphatic carbocycles. The summed E-state index contributed by atoms with van der Waals surface area (Å²) in [6.07, 6.45) is 1.82. The van der Waals surface area contributed by atoms with E-state index >= 15 is 0 Å². The predicted octanol–water partition coefficient (Wildman–Crippen LogP) is 1.29. The first-order chi connectivity index (χ1) is 7.78. The third kappa shape index (κ3) is 6.64. The lowest BCUT2D eigenvalue weighted by Gasteiger charge is -2.30. The first kappa shape index (κ1) is 16.4. The van der Waals surface area contributed by atoms with Crippen LogP contribution in [0.3, 0.4) is 0 Å². The maximum absolute atomic E-state index is 11.6. The molecule has 4 nitrogen and oxygen atoms in total. The number of carbonyl (C=O) groups is 1. The second-order valence-corrected chi connectivity index (χ2v) is 5.77. The fraction of sp³-hybridized carbons (Fsp3) is 0.923. The topological polar surface area (TPSA) is 61.4 Å². The quantitative estimate of drug-likeness (QED) is 0.632. The molecule has 1 amide bonds. The number of rotatable bonds is 7. The first-order valence-corrected chi connectivity index (χ1v) is 6.41. The summed E-state index contributed by atoms with van der Waals surface area (Å²) in [6, 6.07) is 0. The van der Waals surface area contributed by atoms with E-state index in [1.165, 1.54) is 0 Å². The molecule has 0 unspecified atom stereocenters. The summed E-state index contributed by atoms with van der Waals surface area (Å²) < 4.78 is 0. The van der Waals surface area contributed by atoms with Crippen LogP contribution in [-0.4, -0.2) is 36.2 Å². The Morgan fingerprint density at radius 3 is 2.06 bits per heavy atom. The standard InChI is InChI=1S/C13H28N2O2/c1-6-13(7-2,10-16)9-14-8-11(17)15-12(3,4)5/h14,16H,6-10H2,1-5H3,(H,15,17). The highest BCUT2D eigenvalue weighted by atomic mass is 16.3. The van der Waals surface area contributed by atoms with Gasteiger partial charge in [0.1, 0.15) is 0 Å². The molecule has 4 heteroatoms. The minimum absolute atomic E-state index is 0.00320. The van der Waals surface area contributed by atoms with Crippen molar-refractivity contribution in [2.24, 2.45) is 5.41 Å². The number of aliphatic hydroxyl groups is 1. The first-order valence-electron chi connectivity index (χ1n) is 6.41. The molecule has 0 saturated heterocycles. The van der Waals surface area contributed by atoms with E-state index in [2.05, 4.69) is 24.5 Å². The van der Waals surface area contributed by atoms with E-state index in [9.17, 15) is 9.90 Å². The van der Waals surface area contributed by atoms with Gasteiger partial charge >= 0.3 is 0 Å². The van der Waals surface area contributed by atoms with Crippen LogP contribution in [0.15, 0.2) is 0 Å². The summed E-state index contributed by atoms with van der Waals surface area (Å²) in [4.78, 5) is 11.6. The van der Waals surface area contributed by atoms with Gasteiger partial charge in [-0.3, -0.25) is 4.79 Å². The molecular weight excluding hydrogens is 216 g/mol. The van der Waals surface area contributed by atoms with Gasteiger partial charge in [-0.15, -0.1) is 0 Å². The van der Waals surface area contributed by atoms with Crippen LogP contribution in [0.1, 0.15) is 47.5 Å². The number of hydrogen-bond acceptors (Lipinski definition) is 3. The maximum atomic E-state index is 11.6. The third-order valence-electron chi connectivity index (χ3n) is 3.14. The van der Waals surface area contributed by atoms with E-state index < -0.39 is 0 Å². The molecule has 17 heavy (non-hydrogen) atoms. The number of aliphatic hydroxyl groups excluding tert-OH is 1. The van der Waals surface area contributed by atoms with E-state index in [0.717, 1.165) is 12.8 Å². The summed E-state index contributed by atoms with van der Waals surface area (Å²) in [6.45, 7) is 11.2. The van der Waals surface area contributed by atoms with Crippen LogP contribution >= 0.6 is 0 Å². The van der Waals surface area contributed by atoms with Crippen molar-refractivity contribution < 1.29 is 9.90 Å². The van der Waals surface area contributed by atoms with Gasteiger partial charge < -0.3 is 15.7 Å². The Labute approximate surface area is 105 Å². The molecule has 0 aliphatic heterocycles. The van der Waals surface area contributed by atoms with Crippen molar-refractivity contribution in [2.45, 2.75) is 53.0 Å². The molecule has 0 aromatic heterocycles. The van der Waals surface area contributed by atoms with Gasteiger partial charge in [0.05, 0.1) is 6.54 Å². The number of carbonyl (C=O) groups excluding carboxylic acids is 1. The average Bonchev–Trinajstić information content (AvgIpc) is 2.22. The summed E-state index contributed by atoms with van der Waals surface area (Å²) in [5.41, 5.74) is -0.287. The van der Waals surface area contributed by atoms with E-state index in [0.29, 0.717) is 13.1 Å². The Hall–Kier alpha value is -0.610. The summed E-state index contributed by atoms with van der Waals surface area (Å²) >= 11 is 0. The van der Waals surface area contributed by atoms with Crippen LogP contribution in [0.2, 0.25) is 0 Å². The van der Waals surface area contributed by atoms with Crippen molar-refractivity contribution in [3.63, 3.8) is 0 Å². The molecule has 0 saturated carbocycles. The van der Waals surface area contributed by atoms with Gasteiger partial charge in [-0.1, -0.05) is 13.8 Å². The van der Waals surface area contributed by atoms with Crippen molar-refractivity contribution in [3.8, 4) is 0 Å². The molecule has 0 heterocycles. The van der Waals surface area contributed by atoms with Crippen LogP contribution in [0.4, 0.5) is 0 Å². The third-order valence-corrected chi connectivity index (χ3v) is 3.14. The van der Waals surface area contributed by atoms with Crippen molar-refractivity contribution in [1.29, 1.82) is 0 Å². The second-order valence-electron chi connectivity index (χ2n) is 5.77. The van der Waals surface area contributed by atoms with Gasteiger partial charge in [0.2, 0.25) is 5.91 Å². The Morgan fingerprint density at radius 1 is 1.18 bits per heavy atom. The fourth-order valence-corrected chi connectivity index (χ4v) is 1.68.